The van der Waals surface area contributed by atoms with E-state index in [0.29, 0.717) is 0 Å². The van der Waals surface area contributed by atoms with Crippen molar-refractivity contribution in [1.82, 2.24) is 5.32 Å². The van der Waals surface area contributed by atoms with Crippen molar-refractivity contribution in [3.8, 4) is 0 Å². The molecule has 0 aromatic heterocycles. The number of thiol groups is 1. The molecule has 0 atom stereocenters. The molecule has 0 unspecified atom stereocenters. The zero-order valence-corrected chi connectivity index (χ0v) is 10.1. The van der Waals surface area contributed by atoms with Crippen LogP contribution in [0.25, 0.3) is 0 Å². The van der Waals surface area contributed by atoms with Gasteiger partial charge in [0.25, 0.3) is 11.0 Å². The third-order valence-electron chi connectivity index (χ3n) is 1.91. The Kier molecular flexibility index (Phi) is 7.13. The molecule has 0 heterocycles. The van der Waals surface area contributed by atoms with Gasteiger partial charge in [0.2, 0.25) is 0 Å². The van der Waals surface area contributed by atoms with Crippen LogP contribution in [0.2, 0.25) is 0 Å². The molecular formula is C9H21NO3S. The van der Waals surface area contributed by atoms with E-state index < -0.39 is 11.0 Å². The first kappa shape index (κ1) is 13.9. The Bertz CT molecular complexity index is 206. The average Bonchev–Trinajstić information content (AvgIpc) is 2.10. The van der Waals surface area contributed by atoms with Crippen LogP contribution in [-0.4, -0.2) is 27.1 Å². The monoisotopic (exact) mass is 223 g/mol. The first-order valence-electron chi connectivity index (χ1n) is 5.00. The van der Waals surface area contributed by atoms with Gasteiger partial charge in [-0.2, -0.15) is 0 Å². The van der Waals surface area contributed by atoms with Gasteiger partial charge in [-0.3, -0.25) is 4.18 Å². The van der Waals surface area contributed by atoms with Gasteiger partial charge in [0.1, 0.15) is 0 Å². The van der Waals surface area contributed by atoms with Crippen LogP contribution in [0.15, 0.2) is 0 Å². The normalized spacial score (nSPS) is 12.3. The Hall–Kier alpha value is -0.130. The first-order chi connectivity index (χ1) is 6.48. The van der Waals surface area contributed by atoms with Gasteiger partial charge in [-0.15, -0.1) is 0 Å². The second kappa shape index (κ2) is 7.20. The molecule has 4 nitrogen and oxygen atoms in total. The molecule has 0 aromatic rings. The summed E-state index contributed by atoms with van der Waals surface area (Å²) in [5.74, 6) is 0. The van der Waals surface area contributed by atoms with E-state index in [1.54, 1.807) is 0 Å². The van der Waals surface area contributed by atoms with Crippen LogP contribution in [-0.2, 0) is 15.2 Å². The van der Waals surface area contributed by atoms with Crippen molar-refractivity contribution in [2.24, 2.45) is 0 Å². The van der Waals surface area contributed by atoms with E-state index >= 15 is 0 Å². The fourth-order valence-corrected chi connectivity index (χ4v) is 1.50. The van der Waals surface area contributed by atoms with Gasteiger partial charge in [-0.05, 0) is 26.8 Å². The van der Waals surface area contributed by atoms with Crippen LogP contribution in [0.4, 0.5) is 0 Å². The average molecular weight is 223 g/mol. The molecule has 86 valence electrons. The molecule has 0 rings (SSSR count). The van der Waals surface area contributed by atoms with Crippen LogP contribution in [0, 0.1) is 0 Å². The summed E-state index contributed by atoms with van der Waals surface area (Å²) in [5, 5.41) is 3.26. The highest BCUT2D eigenvalue weighted by Crippen LogP contribution is 2.03. The molecule has 0 aromatic carbocycles. The third-order valence-corrected chi connectivity index (χ3v) is 2.25. The summed E-state index contributed by atoms with van der Waals surface area (Å²) >= 11 is 0. The molecule has 0 saturated carbocycles. The molecule has 14 heavy (non-hydrogen) atoms. The van der Waals surface area contributed by atoms with Gasteiger partial charge < -0.3 is 5.32 Å². The van der Waals surface area contributed by atoms with Gasteiger partial charge in [-0.1, -0.05) is 19.8 Å². The van der Waals surface area contributed by atoms with Crippen molar-refractivity contribution in [2.45, 2.75) is 45.6 Å². The van der Waals surface area contributed by atoms with Crippen LogP contribution in [0.1, 0.15) is 40.0 Å². The number of unbranched alkanes of at least 4 members (excludes halogenated alkanes) is 2. The van der Waals surface area contributed by atoms with Crippen LogP contribution < -0.4 is 5.32 Å². The second-order valence-corrected chi connectivity index (χ2v) is 4.72. The quantitative estimate of drug-likeness (QED) is 0.478. The molecule has 0 spiro atoms. The topological polar surface area (TPSA) is 55.4 Å². The molecule has 0 bridgehead atoms. The minimum atomic E-state index is -2.73. The number of rotatable bonds is 8. The van der Waals surface area contributed by atoms with Crippen LogP contribution >= 0.6 is 0 Å². The number of nitrogens with one attached hydrogen (secondary N) is 1. The Labute approximate surface area is 88.2 Å². The largest absolute Gasteiger partial charge is 0.310 e. The third kappa shape index (κ3) is 8.47. The van der Waals surface area contributed by atoms with Crippen LogP contribution in [0.5, 0.6) is 0 Å². The molecule has 0 saturated heterocycles. The predicted octanol–water partition coefficient (Wildman–Crippen LogP) is 1.09. The second-order valence-electron chi connectivity index (χ2n) is 4.01. The summed E-state index contributed by atoms with van der Waals surface area (Å²) in [5.41, 5.74) is -0.275. The maximum atomic E-state index is 10.2. The van der Waals surface area contributed by atoms with Gasteiger partial charge in [-0.25, -0.2) is 8.42 Å². The van der Waals surface area contributed by atoms with Crippen molar-refractivity contribution in [2.75, 3.05) is 13.2 Å². The van der Waals surface area contributed by atoms with Crippen molar-refractivity contribution in [3.05, 3.63) is 0 Å². The first-order valence-corrected chi connectivity index (χ1v) is 6.10. The molecule has 0 aliphatic heterocycles. The Balaban J connectivity index is 3.60. The maximum Gasteiger partial charge on any atom is 0.257 e. The lowest BCUT2D eigenvalue weighted by molar-refractivity contribution is 0.220. The smallest absolute Gasteiger partial charge is 0.257 e. The zero-order chi connectivity index (χ0) is 11.0. The van der Waals surface area contributed by atoms with Gasteiger partial charge in [0.15, 0.2) is 0 Å². The molecule has 5 heteroatoms. The molecule has 0 aliphatic rings. The zero-order valence-electron chi connectivity index (χ0n) is 9.21. The van der Waals surface area contributed by atoms with E-state index in [2.05, 4.69) is 16.4 Å². The van der Waals surface area contributed by atoms with Crippen LogP contribution in [0.3, 0.4) is 0 Å². The Morgan fingerprint density at radius 2 is 1.93 bits per heavy atom. The van der Waals surface area contributed by atoms with Crippen molar-refractivity contribution in [1.29, 1.82) is 0 Å². The highest BCUT2D eigenvalue weighted by atomic mass is 32.2. The van der Waals surface area contributed by atoms with Gasteiger partial charge in [0, 0.05) is 5.54 Å². The lowest BCUT2D eigenvalue weighted by Gasteiger charge is -2.24. The van der Waals surface area contributed by atoms with Gasteiger partial charge in [0.05, 0.1) is 6.61 Å². The Morgan fingerprint density at radius 1 is 1.29 bits per heavy atom. The van der Waals surface area contributed by atoms with E-state index in [1.165, 1.54) is 12.8 Å². The molecular weight excluding hydrogens is 202 g/mol. The maximum absolute atomic E-state index is 10.2. The summed E-state index contributed by atoms with van der Waals surface area (Å²) in [6.45, 7) is 7.10. The van der Waals surface area contributed by atoms with E-state index in [4.69, 9.17) is 0 Å². The van der Waals surface area contributed by atoms with Crippen molar-refractivity contribution >= 4 is 11.0 Å². The molecule has 0 radical (unpaired) electrons. The van der Waals surface area contributed by atoms with E-state index in [9.17, 15) is 8.42 Å². The SMILES string of the molecule is CCCCCNC(C)(C)CO[SH](=O)=O. The highest BCUT2D eigenvalue weighted by molar-refractivity contribution is 7.67. The summed E-state index contributed by atoms with van der Waals surface area (Å²) in [4.78, 5) is 0. The minimum absolute atomic E-state index is 0.192. The molecule has 0 fully saturated rings. The van der Waals surface area contributed by atoms with E-state index in [0.717, 1.165) is 13.0 Å². The predicted molar refractivity (Wildman–Crippen MR) is 57.9 cm³/mol. The summed E-state index contributed by atoms with van der Waals surface area (Å²) in [7, 11) is -2.73. The number of hydrogen-bond acceptors (Lipinski definition) is 4. The summed E-state index contributed by atoms with van der Waals surface area (Å²) in [6, 6.07) is 0. The fourth-order valence-electron chi connectivity index (χ4n) is 1.07. The standard InChI is InChI=1S/C9H21NO3S/c1-4-5-6-7-10-9(2,3)8-13-14(11)12/h10,14H,4-8H2,1-3H3. The van der Waals surface area contributed by atoms with Gasteiger partial charge >= 0.3 is 0 Å². The lowest BCUT2D eigenvalue weighted by Crippen LogP contribution is -2.43. The van der Waals surface area contributed by atoms with Crippen molar-refractivity contribution in [3.63, 3.8) is 0 Å². The minimum Gasteiger partial charge on any atom is -0.310 e. The molecule has 1 N–H and O–H groups in total. The van der Waals surface area contributed by atoms with Crippen molar-refractivity contribution < 1.29 is 12.6 Å². The summed E-state index contributed by atoms with van der Waals surface area (Å²) < 4.78 is 25.0. The fraction of sp³-hybridized carbons (Fsp3) is 1.00. The lowest BCUT2D eigenvalue weighted by atomic mass is 10.1. The highest BCUT2D eigenvalue weighted by Gasteiger charge is 2.16. The van der Waals surface area contributed by atoms with E-state index in [-0.39, 0.29) is 12.1 Å². The van der Waals surface area contributed by atoms with E-state index in [1.807, 2.05) is 13.8 Å². The Morgan fingerprint density at radius 3 is 2.43 bits per heavy atom. The molecule has 0 aliphatic carbocycles. The number of hydrogen-bond donors (Lipinski definition) is 2. The molecule has 0 amide bonds. The summed E-state index contributed by atoms with van der Waals surface area (Å²) in [6.07, 6.45) is 3.49.